The number of aliphatic hydroxyl groups is 2. The van der Waals surface area contributed by atoms with Gasteiger partial charge in [0.15, 0.2) is 9.84 Å². The molecule has 1 aliphatic carbocycles. The number of sulfone groups is 1. The van der Waals surface area contributed by atoms with Crippen LogP contribution in [0.25, 0.3) is 0 Å². The summed E-state index contributed by atoms with van der Waals surface area (Å²) in [5.41, 5.74) is -0.242. The van der Waals surface area contributed by atoms with Crippen molar-refractivity contribution < 1.29 is 32.9 Å². The number of hydrogen-bond donors (Lipinski definition) is 3. The SMILES string of the molecule is COc1cccc(C(=O)NCC2(COc3ccc(S(C)(=O)=O)cc3)C[C@@H](O)[C@@H](O)C2)c1. The lowest BCUT2D eigenvalue weighted by molar-refractivity contribution is 0.0438. The van der Waals surface area contributed by atoms with Crippen molar-refractivity contribution in [3.05, 3.63) is 54.1 Å². The normalized spacial score (nSPS) is 23.4. The molecule has 0 bridgehead atoms. The molecule has 0 heterocycles. The van der Waals surface area contributed by atoms with Gasteiger partial charge in [-0.15, -0.1) is 0 Å². The molecule has 1 fully saturated rings. The van der Waals surface area contributed by atoms with Crippen LogP contribution in [-0.4, -0.2) is 63.3 Å². The molecule has 1 amide bonds. The topological polar surface area (TPSA) is 122 Å². The van der Waals surface area contributed by atoms with E-state index in [1.165, 1.54) is 19.2 Å². The van der Waals surface area contributed by atoms with Crippen molar-refractivity contribution in [2.45, 2.75) is 29.9 Å². The second kappa shape index (κ2) is 9.25. The fourth-order valence-corrected chi connectivity index (χ4v) is 4.34. The average Bonchev–Trinajstić information content (AvgIpc) is 3.04. The van der Waals surface area contributed by atoms with Crippen molar-refractivity contribution in [1.29, 1.82) is 0 Å². The third-order valence-corrected chi connectivity index (χ3v) is 6.61. The minimum atomic E-state index is -3.30. The molecule has 2 aromatic rings. The van der Waals surface area contributed by atoms with Crippen LogP contribution in [-0.2, 0) is 9.84 Å². The number of aliphatic hydroxyl groups excluding tert-OH is 2. The zero-order valence-electron chi connectivity index (χ0n) is 17.4. The van der Waals surface area contributed by atoms with Crippen molar-refractivity contribution >= 4 is 15.7 Å². The van der Waals surface area contributed by atoms with Crippen molar-refractivity contribution in [2.24, 2.45) is 5.41 Å². The maximum absolute atomic E-state index is 12.6. The fraction of sp³-hybridized carbons (Fsp3) is 0.409. The van der Waals surface area contributed by atoms with Gasteiger partial charge in [-0.3, -0.25) is 4.79 Å². The summed E-state index contributed by atoms with van der Waals surface area (Å²) in [5.74, 6) is 0.725. The first-order chi connectivity index (χ1) is 14.6. The van der Waals surface area contributed by atoms with E-state index in [0.29, 0.717) is 17.1 Å². The van der Waals surface area contributed by atoms with Gasteiger partial charge < -0.3 is 25.0 Å². The van der Waals surface area contributed by atoms with Gasteiger partial charge >= 0.3 is 0 Å². The molecule has 9 heteroatoms. The zero-order chi connectivity index (χ0) is 22.6. The maximum Gasteiger partial charge on any atom is 0.251 e. The van der Waals surface area contributed by atoms with E-state index in [-0.39, 0.29) is 36.8 Å². The van der Waals surface area contributed by atoms with Gasteiger partial charge in [0.2, 0.25) is 0 Å². The molecular formula is C22H27NO7S. The summed E-state index contributed by atoms with van der Waals surface area (Å²) in [6, 6.07) is 12.8. The Morgan fingerprint density at radius 2 is 1.74 bits per heavy atom. The minimum Gasteiger partial charge on any atom is -0.497 e. The van der Waals surface area contributed by atoms with Crippen LogP contribution >= 0.6 is 0 Å². The average molecular weight is 450 g/mol. The van der Waals surface area contributed by atoms with Gasteiger partial charge in [0, 0.05) is 23.8 Å². The second-order valence-corrected chi connectivity index (χ2v) is 10.0. The van der Waals surface area contributed by atoms with Gasteiger partial charge in [0.25, 0.3) is 5.91 Å². The quantitative estimate of drug-likeness (QED) is 0.557. The van der Waals surface area contributed by atoms with E-state index >= 15 is 0 Å². The molecule has 0 aromatic heterocycles. The minimum absolute atomic E-state index is 0.137. The summed E-state index contributed by atoms with van der Waals surface area (Å²) < 4.78 is 34.2. The molecule has 168 valence electrons. The van der Waals surface area contributed by atoms with Crippen LogP contribution < -0.4 is 14.8 Å². The molecule has 0 spiro atoms. The molecule has 1 aliphatic rings. The third-order valence-electron chi connectivity index (χ3n) is 5.48. The molecule has 3 N–H and O–H groups in total. The van der Waals surface area contributed by atoms with Gasteiger partial charge in [-0.1, -0.05) is 6.07 Å². The number of benzene rings is 2. The number of carbonyl (C=O) groups is 1. The number of amides is 1. The fourth-order valence-electron chi connectivity index (χ4n) is 3.71. The Balaban J connectivity index is 1.69. The molecule has 3 rings (SSSR count). The van der Waals surface area contributed by atoms with Crippen LogP contribution in [0.5, 0.6) is 11.5 Å². The number of hydrogen-bond acceptors (Lipinski definition) is 7. The Morgan fingerprint density at radius 3 is 2.32 bits per heavy atom. The van der Waals surface area contributed by atoms with Crippen molar-refractivity contribution in [3.8, 4) is 11.5 Å². The Bertz CT molecular complexity index is 1010. The summed E-state index contributed by atoms with van der Waals surface area (Å²) in [6.45, 7) is 0.330. The van der Waals surface area contributed by atoms with E-state index in [1.807, 2.05) is 0 Å². The number of rotatable bonds is 8. The predicted octanol–water partition coefficient (Wildman–Crippen LogP) is 1.41. The third kappa shape index (κ3) is 5.75. The Kier molecular flexibility index (Phi) is 6.88. The monoisotopic (exact) mass is 449 g/mol. The van der Waals surface area contributed by atoms with Crippen LogP contribution in [0.4, 0.5) is 0 Å². The van der Waals surface area contributed by atoms with Gasteiger partial charge in [-0.05, 0) is 55.3 Å². The summed E-state index contributed by atoms with van der Waals surface area (Å²) in [6.07, 6.45) is -0.179. The smallest absolute Gasteiger partial charge is 0.251 e. The van der Waals surface area contributed by atoms with E-state index in [0.717, 1.165) is 6.26 Å². The summed E-state index contributed by atoms with van der Waals surface area (Å²) in [7, 11) is -1.78. The van der Waals surface area contributed by atoms with Crippen molar-refractivity contribution in [2.75, 3.05) is 26.5 Å². The molecule has 3 atom stereocenters. The van der Waals surface area contributed by atoms with Crippen LogP contribution in [0.3, 0.4) is 0 Å². The standard InChI is InChI=1S/C22H27NO7S/c1-29-17-5-3-4-15(10-17)21(26)23-13-22(11-19(24)20(25)12-22)14-30-16-6-8-18(9-7-16)31(2,27)28/h3-10,19-20,24-25H,11-14H2,1-2H3,(H,23,26)/t19-,20+,22?. The second-order valence-electron chi connectivity index (χ2n) is 7.99. The molecule has 31 heavy (non-hydrogen) atoms. The van der Waals surface area contributed by atoms with E-state index in [9.17, 15) is 23.4 Å². The first kappa shape index (κ1) is 23.1. The van der Waals surface area contributed by atoms with Gasteiger partial charge in [-0.2, -0.15) is 0 Å². The lowest BCUT2D eigenvalue weighted by Crippen LogP contribution is -2.40. The highest BCUT2D eigenvalue weighted by Crippen LogP contribution is 2.39. The molecule has 1 unspecified atom stereocenters. The largest absolute Gasteiger partial charge is 0.497 e. The highest BCUT2D eigenvalue weighted by atomic mass is 32.2. The zero-order valence-corrected chi connectivity index (χ0v) is 18.3. The first-order valence-electron chi connectivity index (χ1n) is 9.83. The molecule has 0 saturated heterocycles. The van der Waals surface area contributed by atoms with Gasteiger partial charge in [0.05, 0.1) is 30.8 Å². The number of nitrogens with one attached hydrogen (secondary N) is 1. The Hall–Kier alpha value is -2.62. The Morgan fingerprint density at radius 1 is 1.10 bits per heavy atom. The van der Waals surface area contributed by atoms with E-state index < -0.39 is 27.5 Å². The van der Waals surface area contributed by atoms with E-state index in [4.69, 9.17) is 9.47 Å². The Labute approximate surface area is 181 Å². The van der Waals surface area contributed by atoms with Crippen molar-refractivity contribution in [1.82, 2.24) is 5.32 Å². The maximum atomic E-state index is 12.6. The lowest BCUT2D eigenvalue weighted by Gasteiger charge is -2.29. The molecule has 1 saturated carbocycles. The molecule has 0 radical (unpaired) electrons. The highest BCUT2D eigenvalue weighted by Gasteiger charge is 2.45. The summed E-state index contributed by atoms with van der Waals surface area (Å²) >= 11 is 0. The number of carbonyl (C=O) groups excluding carboxylic acids is 1. The van der Waals surface area contributed by atoms with Crippen LogP contribution in [0, 0.1) is 5.41 Å². The van der Waals surface area contributed by atoms with E-state index in [2.05, 4.69) is 5.32 Å². The number of ether oxygens (including phenoxy) is 2. The van der Waals surface area contributed by atoms with Gasteiger partial charge in [0.1, 0.15) is 11.5 Å². The molecule has 0 aliphatic heterocycles. The molecular weight excluding hydrogens is 422 g/mol. The summed E-state index contributed by atoms with van der Waals surface area (Å²) in [5, 5.41) is 23.1. The van der Waals surface area contributed by atoms with Crippen LogP contribution in [0.2, 0.25) is 0 Å². The van der Waals surface area contributed by atoms with Crippen LogP contribution in [0.1, 0.15) is 23.2 Å². The molecule has 8 nitrogen and oxygen atoms in total. The first-order valence-corrected chi connectivity index (χ1v) is 11.7. The number of methoxy groups -OCH3 is 1. The lowest BCUT2D eigenvalue weighted by atomic mass is 9.86. The summed E-state index contributed by atoms with van der Waals surface area (Å²) in [4.78, 5) is 12.8. The van der Waals surface area contributed by atoms with E-state index in [1.54, 1.807) is 36.4 Å². The predicted molar refractivity (Wildman–Crippen MR) is 114 cm³/mol. The van der Waals surface area contributed by atoms with Crippen LogP contribution in [0.15, 0.2) is 53.4 Å². The molecule has 2 aromatic carbocycles. The highest BCUT2D eigenvalue weighted by molar-refractivity contribution is 7.90. The van der Waals surface area contributed by atoms with Crippen molar-refractivity contribution in [3.63, 3.8) is 0 Å². The van der Waals surface area contributed by atoms with Gasteiger partial charge in [-0.25, -0.2) is 8.42 Å².